The normalized spacial score (nSPS) is 40.2. The number of hydrogen-bond donors (Lipinski definition) is 1. The molecule has 0 bridgehead atoms. The summed E-state index contributed by atoms with van der Waals surface area (Å²) < 4.78 is 16.2. The van der Waals surface area contributed by atoms with Crippen LogP contribution in [0.5, 0.6) is 0 Å². The van der Waals surface area contributed by atoms with Crippen LogP contribution in [0.1, 0.15) is 13.8 Å². The van der Waals surface area contributed by atoms with E-state index in [2.05, 4.69) is 15.0 Å². The number of fused-ring (bicyclic) bond motifs is 1. The van der Waals surface area contributed by atoms with Crippen molar-refractivity contribution in [1.29, 1.82) is 0 Å². The van der Waals surface area contributed by atoms with Gasteiger partial charge in [0.1, 0.15) is 30.2 Å². The second kappa shape index (κ2) is 4.08. The Hall–Kier alpha value is -1.05. The SMILES string of the molecule is CC1(C)O[C@@H]2[C@@H](CON=[N+]=[N-])OC(O)[C@@H]2O1. The monoisotopic (exact) mass is 231 g/mol. The van der Waals surface area contributed by atoms with Gasteiger partial charge in [-0.15, -0.1) is 0 Å². The molecule has 2 saturated heterocycles. The van der Waals surface area contributed by atoms with Gasteiger partial charge in [-0.05, 0) is 19.4 Å². The van der Waals surface area contributed by atoms with E-state index in [0.717, 1.165) is 0 Å². The molecule has 0 aromatic rings. The van der Waals surface area contributed by atoms with E-state index in [1.165, 1.54) is 0 Å². The Balaban J connectivity index is 1.98. The number of nitrogens with zero attached hydrogens (tertiary/aromatic N) is 3. The minimum Gasteiger partial charge on any atom is -0.431 e. The summed E-state index contributed by atoms with van der Waals surface area (Å²) in [7, 11) is 0. The highest BCUT2D eigenvalue weighted by Crippen LogP contribution is 2.37. The number of azide groups is 1. The van der Waals surface area contributed by atoms with Crippen LogP contribution in [0.3, 0.4) is 0 Å². The molecule has 16 heavy (non-hydrogen) atoms. The van der Waals surface area contributed by atoms with Crippen LogP contribution in [0.15, 0.2) is 5.28 Å². The van der Waals surface area contributed by atoms with Crippen molar-refractivity contribution in [2.24, 2.45) is 5.28 Å². The van der Waals surface area contributed by atoms with E-state index >= 15 is 0 Å². The lowest BCUT2D eigenvalue weighted by Crippen LogP contribution is -2.32. The Morgan fingerprint density at radius 1 is 1.44 bits per heavy atom. The smallest absolute Gasteiger partial charge is 0.184 e. The van der Waals surface area contributed by atoms with E-state index in [1.807, 2.05) is 0 Å². The van der Waals surface area contributed by atoms with Crippen LogP contribution in [0.25, 0.3) is 10.4 Å². The number of hydrogen-bond acceptors (Lipinski definition) is 6. The average Bonchev–Trinajstić information content (AvgIpc) is 2.64. The Morgan fingerprint density at radius 3 is 2.81 bits per heavy atom. The van der Waals surface area contributed by atoms with Crippen molar-refractivity contribution in [3.05, 3.63) is 10.4 Å². The first-order valence-electron chi connectivity index (χ1n) is 4.89. The zero-order chi connectivity index (χ0) is 11.8. The third-order valence-electron chi connectivity index (χ3n) is 2.46. The van der Waals surface area contributed by atoms with Gasteiger partial charge in [-0.1, -0.05) is 0 Å². The van der Waals surface area contributed by atoms with Gasteiger partial charge in [0.15, 0.2) is 12.1 Å². The summed E-state index contributed by atoms with van der Waals surface area (Å²) in [5.74, 6) is -0.753. The van der Waals surface area contributed by atoms with Gasteiger partial charge in [-0.3, -0.25) is 0 Å². The molecule has 2 aliphatic rings. The standard InChI is InChI=1S/C8H13N3O5/c1-8(2)15-5-4(3-13-11-10-9)14-7(12)6(5)16-8/h4-7,12H,3H2,1-2H3/t4-,5-,6-,7?/m1/s1. The molecule has 2 aliphatic heterocycles. The third-order valence-corrected chi connectivity index (χ3v) is 2.46. The first-order chi connectivity index (χ1) is 7.53. The number of ether oxygens (including phenoxy) is 3. The maximum atomic E-state index is 9.57. The molecule has 0 aromatic carbocycles. The van der Waals surface area contributed by atoms with Crippen LogP contribution in [0.2, 0.25) is 0 Å². The molecule has 1 unspecified atom stereocenters. The molecule has 0 saturated carbocycles. The minimum absolute atomic E-state index is 0.0156. The Kier molecular flexibility index (Phi) is 2.92. The summed E-state index contributed by atoms with van der Waals surface area (Å²) in [5.41, 5.74) is 8.05. The molecule has 8 nitrogen and oxygen atoms in total. The van der Waals surface area contributed by atoms with Crippen molar-refractivity contribution in [3.63, 3.8) is 0 Å². The number of rotatable bonds is 3. The molecule has 0 aromatic heterocycles. The summed E-state index contributed by atoms with van der Waals surface area (Å²) in [5, 5.41) is 12.5. The molecule has 1 N–H and O–H groups in total. The molecule has 8 heteroatoms. The number of aliphatic hydroxyl groups is 1. The highest BCUT2D eigenvalue weighted by atomic mass is 16.8. The van der Waals surface area contributed by atoms with Crippen LogP contribution in [0, 0.1) is 0 Å². The van der Waals surface area contributed by atoms with Gasteiger partial charge in [-0.25, -0.2) is 0 Å². The van der Waals surface area contributed by atoms with Gasteiger partial charge in [0, 0.05) is 4.91 Å². The predicted molar refractivity (Wildman–Crippen MR) is 49.8 cm³/mol. The molecular formula is C8H13N3O5. The highest BCUT2D eigenvalue weighted by Gasteiger charge is 2.55. The van der Waals surface area contributed by atoms with Gasteiger partial charge in [0.2, 0.25) is 0 Å². The van der Waals surface area contributed by atoms with Crippen LogP contribution in [-0.2, 0) is 19.0 Å². The first kappa shape index (κ1) is 11.4. The lowest BCUT2D eigenvalue weighted by atomic mass is 10.1. The zero-order valence-electron chi connectivity index (χ0n) is 8.94. The molecule has 0 amide bonds. The molecule has 4 atom stereocenters. The third kappa shape index (κ3) is 2.06. The predicted octanol–water partition coefficient (Wildman–Crippen LogP) is 0.466. The molecule has 2 heterocycles. The van der Waals surface area contributed by atoms with Crippen molar-refractivity contribution >= 4 is 0 Å². The molecule has 0 spiro atoms. The lowest BCUT2D eigenvalue weighted by molar-refractivity contribution is -0.225. The molecular weight excluding hydrogens is 218 g/mol. The highest BCUT2D eigenvalue weighted by molar-refractivity contribution is 4.94. The van der Waals surface area contributed by atoms with Gasteiger partial charge in [0.05, 0.1) is 0 Å². The quantitative estimate of drug-likeness (QED) is 0.329. The van der Waals surface area contributed by atoms with Crippen LogP contribution < -0.4 is 0 Å². The largest absolute Gasteiger partial charge is 0.431 e. The van der Waals surface area contributed by atoms with E-state index in [9.17, 15) is 5.11 Å². The first-order valence-corrected chi connectivity index (χ1v) is 4.89. The fourth-order valence-corrected chi connectivity index (χ4v) is 1.93. The van der Waals surface area contributed by atoms with Gasteiger partial charge in [0.25, 0.3) is 0 Å². The van der Waals surface area contributed by atoms with Crippen LogP contribution in [0.4, 0.5) is 0 Å². The number of aliphatic hydroxyl groups excluding tert-OH is 1. The molecule has 0 aliphatic carbocycles. The summed E-state index contributed by atoms with van der Waals surface area (Å²) >= 11 is 0. The second-order valence-corrected chi connectivity index (χ2v) is 4.10. The van der Waals surface area contributed by atoms with E-state index < -0.39 is 30.4 Å². The van der Waals surface area contributed by atoms with Crippen LogP contribution in [-0.4, -0.2) is 42.1 Å². The topological polar surface area (TPSA) is 106 Å². The summed E-state index contributed by atoms with van der Waals surface area (Å²) in [6.07, 6.45) is -2.51. The average molecular weight is 231 g/mol. The van der Waals surface area contributed by atoms with E-state index in [4.69, 9.17) is 19.7 Å². The Labute approximate surface area is 91.6 Å². The van der Waals surface area contributed by atoms with Gasteiger partial charge >= 0.3 is 0 Å². The van der Waals surface area contributed by atoms with Crippen molar-refractivity contribution in [3.8, 4) is 0 Å². The van der Waals surface area contributed by atoms with Gasteiger partial charge in [-0.2, -0.15) is 0 Å². The Morgan fingerprint density at radius 2 is 2.12 bits per heavy atom. The molecule has 2 fully saturated rings. The fraction of sp³-hybridized carbons (Fsp3) is 1.00. The zero-order valence-corrected chi connectivity index (χ0v) is 8.94. The summed E-state index contributed by atoms with van der Waals surface area (Å²) in [4.78, 5) is 7.07. The maximum absolute atomic E-state index is 9.57. The fourth-order valence-electron chi connectivity index (χ4n) is 1.93. The van der Waals surface area contributed by atoms with Crippen molar-refractivity contribution < 1.29 is 24.2 Å². The minimum atomic E-state index is -1.05. The lowest BCUT2D eigenvalue weighted by Gasteiger charge is -2.22. The van der Waals surface area contributed by atoms with Gasteiger partial charge < -0.3 is 24.2 Å². The van der Waals surface area contributed by atoms with Crippen LogP contribution >= 0.6 is 0 Å². The summed E-state index contributed by atoms with van der Waals surface area (Å²) in [6.45, 7) is 3.52. The van der Waals surface area contributed by atoms with E-state index in [-0.39, 0.29) is 6.61 Å². The van der Waals surface area contributed by atoms with Crippen molar-refractivity contribution in [2.45, 2.75) is 44.2 Å². The molecule has 2 rings (SSSR count). The Bertz CT molecular complexity index is 317. The van der Waals surface area contributed by atoms with Crippen molar-refractivity contribution in [1.82, 2.24) is 0 Å². The molecule has 0 radical (unpaired) electrons. The summed E-state index contributed by atoms with van der Waals surface area (Å²) in [6, 6.07) is 0. The van der Waals surface area contributed by atoms with E-state index in [0.29, 0.717) is 0 Å². The van der Waals surface area contributed by atoms with Crippen molar-refractivity contribution in [2.75, 3.05) is 6.61 Å². The van der Waals surface area contributed by atoms with E-state index in [1.54, 1.807) is 13.8 Å². The maximum Gasteiger partial charge on any atom is 0.184 e. The molecule has 90 valence electrons. The second-order valence-electron chi connectivity index (χ2n) is 4.10.